The molecule has 1 aliphatic heterocycles. The van der Waals surface area contributed by atoms with Crippen molar-refractivity contribution in [2.75, 3.05) is 6.61 Å². The molecule has 0 unspecified atom stereocenters. The Bertz CT molecular complexity index is 960. The van der Waals surface area contributed by atoms with Crippen molar-refractivity contribution in [3.63, 3.8) is 0 Å². The third kappa shape index (κ3) is 4.41. The van der Waals surface area contributed by atoms with E-state index in [0.717, 1.165) is 5.82 Å². The molecule has 0 bridgehead atoms. The van der Waals surface area contributed by atoms with E-state index in [9.17, 15) is 14.4 Å². The molecular formula is C19H19N3O5. The molecule has 2 amide bonds. The van der Waals surface area contributed by atoms with Gasteiger partial charge in [0.1, 0.15) is 18.2 Å². The summed E-state index contributed by atoms with van der Waals surface area (Å²) in [6.07, 6.45) is 1.35. The van der Waals surface area contributed by atoms with Gasteiger partial charge in [0, 0.05) is 18.2 Å². The molecule has 0 radical (unpaired) electrons. The van der Waals surface area contributed by atoms with Crippen LogP contribution >= 0.6 is 0 Å². The molecule has 140 valence electrons. The van der Waals surface area contributed by atoms with Gasteiger partial charge in [0.15, 0.2) is 5.76 Å². The second-order valence-corrected chi connectivity index (χ2v) is 5.93. The largest absolute Gasteiger partial charge is 0.492 e. The number of rotatable bonds is 6. The number of nitrogens with zero attached hydrogens (tertiary/aromatic N) is 2. The van der Waals surface area contributed by atoms with E-state index >= 15 is 0 Å². The Labute approximate surface area is 155 Å². The van der Waals surface area contributed by atoms with Crippen molar-refractivity contribution < 1.29 is 19.1 Å². The molecule has 8 nitrogen and oxygen atoms in total. The summed E-state index contributed by atoms with van der Waals surface area (Å²) in [5, 5.41) is 2.03. The van der Waals surface area contributed by atoms with Crippen LogP contribution in [0.25, 0.3) is 6.08 Å². The van der Waals surface area contributed by atoms with Gasteiger partial charge in [-0.25, -0.2) is 9.78 Å². The third-order valence-electron chi connectivity index (χ3n) is 3.94. The summed E-state index contributed by atoms with van der Waals surface area (Å²) in [5.41, 5.74) is 1.31. The van der Waals surface area contributed by atoms with Crippen LogP contribution in [0.4, 0.5) is 4.79 Å². The molecule has 3 rings (SSSR count). The van der Waals surface area contributed by atoms with Gasteiger partial charge >= 0.3 is 6.09 Å². The Kier molecular flexibility index (Phi) is 5.35. The Morgan fingerprint density at radius 1 is 1.22 bits per heavy atom. The minimum atomic E-state index is -0.779. The molecule has 2 heterocycles. The first-order valence-electron chi connectivity index (χ1n) is 8.51. The van der Waals surface area contributed by atoms with Crippen LogP contribution in [-0.2, 0) is 22.5 Å². The van der Waals surface area contributed by atoms with E-state index in [1.54, 1.807) is 35.8 Å². The molecule has 1 N–H and O–H groups in total. The molecule has 2 aromatic rings. The Hall–Kier alpha value is -3.42. The highest BCUT2D eigenvalue weighted by Crippen LogP contribution is 2.17. The second kappa shape index (κ2) is 7.86. The SMILES string of the molecule is CCc1nc(C)cc(=O)n1CCOc1ccc(C=C2OC(=O)NC2=O)cc1. The Balaban J connectivity index is 1.62. The van der Waals surface area contributed by atoms with Gasteiger partial charge in [-0.15, -0.1) is 0 Å². The smallest absolute Gasteiger partial charge is 0.419 e. The average Bonchev–Trinajstić information content (AvgIpc) is 2.95. The lowest BCUT2D eigenvalue weighted by Gasteiger charge is -2.12. The fraction of sp³-hybridized carbons (Fsp3) is 0.263. The van der Waals surface area contributed by atoms with Crippen molar-refractivity contribution >= 4 is 18.1 Å². The summed E-state index contributed by atoms with van der Waals surface area (Å²) in [6, 6.07) is 8.45. The number of imide groups is 1. The second-order valence-electron chi connectivity index (χ2n) is 5.93. The summed E-state index contributed by atoms with van der Waals surface area (Å²) in [5.74, 6) is 0.738. The molecule has 27 heavy (non-hydrogen) atoms. The van der Waals surface area contributed by atoms with Crippen molar-refractivity contribution in [1.82, 2.24) is 14.9 Å². The van der Waals surface area contributed by atoms with E-state index in [4.69, 9.17) is 9.47 Å². The maximum atomic E-state index is 12.1. The van der Waals surface area contributed by atoms with E-state index in [2.05, 4.69) is 4.98 Å². The molecule has 0 aliphatic carbocycles. The van der Waals surface area contributed by atoms with E-state index in [1.165, 1.54) is 12.1 Å². The number of cyclic esters (lactones) is 1. The third-order valence-corrected chi connectivity index (χ3v) is 3.94. The number of carbonyl (C=O) groups is 2. The zero-order valence-electron chi connectivity index (χ0n) is 15.0. The number of alkyl carbamates (subject to hydrolysis) is 1. The van der Waals surface area contributed by atoms with Crippen LogP contribution in [0, 0.1) is 6.92 Å². The fourth-order valence-corrected chi connectivity index (χ4v) is 2.68. The van der Waals surface area contributed by atoms with Crippen LogP contribution in [0.2, 0.25) is 0 Å². The summed E-state index contributed by atoms with van der Waals surface area (Å²) in [4.78, 5) is 38.9. The van der Waals surface area contributed by atoms with Crippen LogP contribution in [0.15, 0.2) is 40.9 Å². The highest BCUT2D eigenvalue weighted by molar-refractivity contribution is 6.09. The zero-order valence-corrected chi connectivity index (χ0v) is 15.0. The highest BCUT2D eigenvalue weighted by atomic mass is 16.6. The van der Waals surface area contributed by atoms with Gasteiger partial charge in [0.05, 0.1) is 6.54 Å². The first-order chi connectivity index (χ1) is 13.0. The van der Waals surface area contributed by atoms with Crippen LogP contribution in [0.5, 0.6) is 5.75 Å². The first kappa shape index (κ1) is 18.4. The van der Waals surface area contributed by atoms with Gasteiger partial charge in [-0.3, -0.25) is 19.5 Å². The molecule has 1 aliphatic rings. The van der Waals surface area contributed by atoms with Crippen molar-refractivity contribution in [2.24, 2.45) is 0 Å². The highest BCUT2D eigenvalue weighted by Gasteiger charge is 2.25. The standard InChI is InChI=1S/C19H19N3O5/c1-3-16-20-12(2)10-17(23)22(16)8-9-26-14-6-4-13(5-7-14)11-15-18(24)21-19(25)27-15/h4-7,10-11H,3,8-9H2,1-2H3,(H,21,24,25). The number of aromatic nitrogens is 2. The summed E-state index contributed by atoms with van der Waals surface area (Å²) < 4.78 is 12.0. The minimum absolute atomic E-state index is 0.0491. The molecule has 0 atom stereocenters. The first-order valence-corrected chi connectivity index (χ1v) is 8.51. The van der Waals surface area contributed by atoms with Gasteiger partial charge in [-0.05, 0) is 30.7 Å². The van der Waals surface area contributed by atoms with E-state index in [-0.39, 0.29) is 11.3 Å². The summed E-state index contributed by atoms with van der Waals surface area (Å²) >= 11 is 0. The van der Waals surface area contributed by atoms with Gasteiger partial charge in [-0.2, -0.15) is 0 Å². The number of amides is 2. The lowest BCUT2D eigenvalue weighted by atomic mass is 10.2. The predicted molar refractivity (Wildman–Crippen MR) is 97.1 cm³/mol. The number of benzene rings is 1. The zero-order chi connectivity index (χ0) is 19.4. The van der Waals surface area contributed by atoms with Crippen molar-refractivity contribution in [3.8, 4) is 5.75 Å². The monoisotopic (exact) mass is 369 g/mol. The number of aryl methyl sites for hydroxylation is 2. The molecule has 1 aromatic carbocycles. The molecule has 0 spiro atoms. The van der Waals surface area contributed by atoms with E-state index in [0.29, 0.717) is 36.6 Å². The minimum Gasteiger partial charge on any atom is -0.492 e. The van der Waals surface area contributed by atoms with Crippen LogP contribution < -0.4 is 15.6 Å². The predicted octanol–water partition coefficient (Wildman–Crippen LogP) is 1.80. The molecule has 1 aromatic heterocycles. The van der Waals surface area contributed by atoms with Gasteiger partial charge < -0.3 is 9.47 Å². The molecule has 8 heteroatoms. The maximum Gasteiger partial charge on any atom is 0.419 e. The van der Waals surface area contributed by atoms with Crippen LogP contribution in [0.3, 0.4) is 0 Å². The topological polar surface area (TPSA) is 99.5 Å². The normalized spacial score (nSPS) is 15.0. The van der Waals surface area contributed by atoms with E-state index < -0.39 is 12.0 Å². The van der Waals surface area contributed by atoms with Crippen molar-refractivity contribution in [2.45, 2.75) is 26.8 Å². The molecular weight excluding hydrogens is 350 g/mol. The van der Waals surface area contributed by atoms with Crippen molar-refractivity contribution in [1.29, 1.82) is 0 Å². The summed E-state index contributed by atoms with van der Waals surface area (Å²) in [7, 11) is 0. The number of carbonyl (C=O) groups excluding carboxylic acids is 2. The summed E-state index contributed by atoms with van der Waals surface area (Å²) in [6.45, 7) is 4.47. The molecule has 1 fully saturated rings. The number of nitrogens with one attached hydrogen (secondary N) is 1. The van der Waals surface area contributed by atoms with Gasteiger partial charge in [0.2, 0.25) is 0 Å². The molecule has 1 saturated heterocycles. The van der Waals surface area contributed by atoms with E-state index in [1.807, 2.05) is 12.2 Å². The van der Waals surface area contributed by atoms with Gasteiger partial charge in [0.25, 0.3) is 11.5 Å². The maximum absolute atomic E-state index is 12.1. The van der Waals surface area contributed by atoms with Crippen molar-refractivity contribution in [3.05, 3.63) is 63.5 Å². The fourth-order valence-electron chi connectivity index (χ4n) is 2.68. The number of ether oxygens (including phenoxy) is 2. The molecule has 0 saturated carbocycles. The quantitative estimate of drug-likeness (QED) is 0.780. The Morgan fingerprint density at radius 2 is 1.96 bits per heavy atom. The number of hydrogen-bond acceptors (Lipinski definition) is 6. The lowest BCUT2D eigenvalue weighted by Crippen LogP contribution is -2.27. The van der Waals surface area contributed by atoms with Crippen LogP contribution in [0.1, 0.15) is 24.0 Å². The number of hydrogen-bond donors (Lipinski definition) is 1. The van der Waals surface area contributed by atoms with Crippen LogP contribution in [-0.4, -0.2) is 28.2 Å². The average molecular weight is 369 g/mol. The van der Waals surface area contributed by atoms with Gasteiger partial charge in [-0.1, -0.05) is 19.1 Å². The Morgan fingerprint density at radius 3 is 2.59 bits per heavy atom. The lowest BCUT2D eigenvalue weighted by molar-refractivity contribution is -0.116.